The molecule has 0 heterocycles. The number of halogens is 1. The molecular formula is C12H11BrO2. The third-order valence-corrected chi connectivity index (χ3v) is 2.24. The smallest absolute Gasteiger partial charge is 0.336 e. The van der Waals surface area contributed by atoms with E-state index < -0.39 is 5.97 Å². The molecule has 0 aromatic heterocycles. The second-order valence-corrected chi connectivity index (χ2v) is 3.89. The molecule has 0 unspecified atom stereocenters. The molecule has 0 aliphatic rings. The molecule has 0 aliphatic carbocycles. The number of hydrogen-bond donors (Lipinski definition) is 1. The Bertz CT molecular complexity index is 427. The molecule has 15 heavy (non-hydrogen) atoms. The van der Waals surface area contributed by atoms with Gasteiger partial charge in [-0.2, -0.15) is 0 Å². The highest BCUT2D eigenvalue weighted by atomic mass is 79.9. The minimum atomic E-state index is -0.929. The minimum absolute atomic E-state index is 0.275. The molecule has 0 saturated carbocycles. The van der Waals surface area contributed by atoms with E-state index in [4.69, 9.17) is 5.11 Å². The van der Waals surface area contributed by atoms with Crippen molar-refractivity contribution < 1.29 is 9.90 Å². The van der Waals surface area contributed by atoms with E-state index in [-0.39, 0.29) is 5.56 Å². The minimum Gasteiger partial charge on any atom is -0.478 e. The van der Waals surface area contributed by atoms with Crippen LogP contribution in [0.1, 0.15) is 27.9 Å². The van der Waals surface area contributed by atoms with Crippen molar-refractivity contribution in [3.8, 4) is 11.8 Å². The van der Waals surface area contributed by atoms with Gasteiger partial charge in [0.05, 0.1) is 5.56 Å². The average molecular weight is 267 g/mol. The van der Waals surface area contributed by atoms with Gasteiger partial charge in [-0.1, -0.05) is 39.4 Å². The highest BCUT2D eigenvalue weighted by molar-refractivity contribution is 9.09. The van der Waals surface area contributed by atoms with Crippen molar-refractivity contribution in [1.82, 2.24) is 0 Å². The van der Waals surface area contributed by atoms with Crippen molar-refractivity contribution in [3.63, 3.8) is 0 Å². The van der Waals surface area contributed by atoms with Gasteiger partial charge in [0.25, 0.3) is 0 Å². The number of carboxylic acids is 1. The van der Waals surface area contributed by atoms with E-state index in [1.165, 1.54) is 0 Å². The van der Waals surface area contributed by atoms with Gasteiger partial charge in [0.15, 0.2) is 0 Å². The average Bonchev–Trinajstić information content (AvgIpc) is 2.20. The first-order chi connectivity index (χ1) is 7.15. The summed E-state index contributed by atoms with van der Waals surface area (Å²) in [5.41, 5.74) is 1.78. The van der Waals surface area contributed by atoms with E-state index in [0.29, 0.717) is 12.0 Å². The Kier molecular flexibility index (Phi) is 4.38. The van der Waals surface area contributed by atoms with Crippen LogP contribution in [0, 0.1) is 18.8 Å². The first-order valence-electron chi connectivity index (χ1n) is 4.54. The van der Waals surface area contributed by atoms with Crippen LogP contribution < -0.4 is 0 Å². The standard InChI is InChI=1S/C12H11BrO2/c1-9-5-6-10(4-2-3-7-13)11(8-9)12(14)15/h5-6,8H,3,7H2,1H3,(H,14,15). The molecule has 0 atom stereocenters. The molecule has 0 saturated heterocycles. The summed E-state index contributed by atoms with van der Waals surface area (Å²) < 4.78 is 0. The Morgan fingerprint density at radius 1 is 1.53 bits per heavy atom. The van der Waals surface area contributed by atoms with Crippen LogP contribution in [0.5, 0.6) is 0 Å². The summed E-state index contributed by atoms with van der Waals surface area (Å²) in [6, 6.07) is 5.26. The van der Waals surface area contributed by atoms with Crippen LogP contribution in [0.15, 0.2) is 18.2 Å². The topological polar surface area (TPSA) is 37.3 Å². The SMILES string of the molecule is Cc1ccc(C#CCCBr)c(C(=O)O)c1. The summed E-state index contributed by atoms with van der Waals surface area (Å²) in [7, 11) is 0. The molecule has 0 spiro atoms. The molecule has 0 fully saturated rings. The molecule has 1 rings (SSSR count). The van der Waals surface area contributed by atoms with Crippen molar-refractivity contribution in [1.29, 1.82) is 0 Å². The van der Waals surface area contributed by atoms with Crippen LogP contribution in [0.4, 0.5) is 0 Å². The Balaban J connectivity index is 3.08. The number of benzene rings is 1. The first kappa shape index (κ1) is 11.8. The molecular weight excluding hydrogens is 256 g/mol. The summed E-state index contributed by atoms with van der Waals surface area (Å²) in [5.74, 6) is 4.84. The lowest BCUT2D eigenvalue weighted by molar-refractivity contribution is 0.0696. The van der Waals surface area contributed by atoms with E-state index in [1.54, 1.807) is 12.1 Å². The lowest BCUT2D eigenvalue weighted by atomic mass is 10.0. The fourth-order valence-electron chi connectivity index (χ4n) is 1.15. The van der Waals surface area contributed by atoms with E-state index in [2.05, 4.69) is 27.8 Å². The Morgan fingerprint density at radius 3 is 2.87 bits per heavy atom. The van der Waals surface area contributed by atoms with Crippen LogP contribution in [-0.4, -0.2) is 16.4 Å². The molecule has 1 aromatic rings. The summed E-state index contributed by atoms with van der Waals surface area (Å²) in [6.45, 7) is 1.86. The number of rotatable bonds is 2. The third-order valence-electron chi connectivity index (χ3n) is 1.85. The van der Waals surface area contributed by atoms with Crippen molar-refractivity contribution in [2.24, 2.45) is 0 Å². The molecule has 1 aromatic carbocycles. The normalized spacial score (nSPS) is 9.20. The van der Waals surface area contributed by atoms with E-state index in [1.807, 2.05) is 13.0 Å². The maximum atomic E-state index is 10.9. The summed E-state index contributed by atoms with van der Waals surface area (Å²) >= 11 is 3.26. The molecule has 0 aliphatic heterocycles. The largest absolute Gasteiger partial charge is 0.478 e. The van der Waals surface area contributed by atoms with Gasteiger partial charge < -0.3 is 5.11 Å². The fourth-order valence-corrected chi connectivity index (χ4v) is 1.35. The zero-order valence-electron chi connectivity index (χ0n) is 8.38. The van der Waals surface area contributed by atoms with Crippen molar-refractivity contribution in [3.05, 3.63) is 34.9 Å². The summed E-state index contributed by atoms with van der Waals surface area (Å²) in [4.78, 5) is 10.9. The Morgan fingerprint density at radius 2 is 2.27 bits per heavy atom. The second-order valence-electron chi connectivity index (χ2n) is 3.09. The quantitative estimate of drug-likeness (QED) is 0.660. The number of alkyl halides is 1. The van der Waals surface area contributed by atoms with Crippen molar-refractivity contribution in [2.75, 3.05) is 5.33 Å². The molecule has 0 amide bonds. The number of aryl methyl sites for hydroxylation is 1. The zero-order valence-corrected chi connectivity index (χ0v) is 9.97. The second kappa shape index (κ2) is 5.57. The first-order valence-corrected chi connectivity index (χ1v) is 5.66. The van der Waals surface area contributed by atoms with Crippen LogP contribution >= 0.6 is 15.9 Å². The zero-order chi connectivity index (χ0) is 11.3. The Labute approximate surface area is 97.4 Å². The van der Waals surface area contributed by atoms with E-state index in [0.717, 1.165) is 10.9 Å². The van der Waals surface area contributed by atoms with Gasteiger partial charge in [-0.05, 0) is 19.1 Å². The molecule has 0 radical (unpaired) electrons. The molecule has 2 nitrogen and oxygen atoms in total. The highest BCUT2D eigenvalue weighted by Crippen LogP contribution is 2.10. The number of aromatic carboxylic acids is 1. The van der Waals surface area contributed by atoms with Gasteiger partial charge in [0.1, 0.15) is 0 Å². The van der Waals surface area contributed by atoms with Gasteiger partial charge in [-0.25, -0.2) is 4.79 Å². The summed E-state index contributed by atoms with van der Waals surface area (Å²) in [5, 5.41) is 9.77. The summed E-state index contributed by atoms with van der Waals surface area (Å²) in [6.07, 6.45) is 0.715. The highest BCUT2D eigenvalue weighted by Gasteiger charge is 2.07. The van der Waals surface area contributed by atoms with E-state index in [9.17, 15) is 4.79 Å². The van der Waals surface area contributed by atoms with Gasteiger partial charge in [-0.15, -0.1) is 0 Å². The van der Waals surface area contributed by atoms with Gasteiger partial charge in [0.2, 0.25) is 0 Å². The molecule has 1 N–H and O–H groups in total. The molecule has 0 bridgehead atoms. The van der Waals surface area contributed by atoms with Crippen molar-refractivity contribution >= 4 is 21.9 Å². The maximum Gasteiger partial charge on any atom is 0.336 e. The molecule has 3 heteroatoms. The fraction of sp³-hybridized carbons (Fsp3) is 0.250. The lowest BCUT2D eigenvalue weighted by Crippen LogP contribution is -2.00. The van der Waals surface area contributed by atoms with Gasteiger partial charge >= 0.3 is 5.97 Å². The monoisotopic (exact) mass is 266 g/mol. The maximum absolute atomic E-state index is 10.9. The Hall–Kier alpha value is -1.27. The van der Waals surface area contributed by atoms with Crippen LogP contribution in [0.3, 0.4) is 0 Å². The van der Waals surface area contributed by atoms with Crippen LogP contribution in [-0.2, 0) is 0 Å². The van der Waals surface area contributed by atoms with Crippen LogP contribution in [0.25, 0.3) is 0 Å². The molecule has 78 valence electrons. The number of carbonyl (C=O) groups is 1. The predicted molar refractivity (Wildman–Crippen MR) is 63.4 cm³/mol. The predicted octanol–water partition coefficient (Wildman–Crippen LogP) is 2.83. The number of carboxylic acid groups (broad SMARTS) is 1. The lowest BCUT2D eigenvalue weighted by Gasteiger charge is -2.00. The van der Waals surface area contributed by atoms with Gasteiger partial charge in [-0.3, -0.25) is 0 Å². The van der Waals surface area contributed by atoms with Crippen molar-refractivity contribution in [2.45, 2.75) is 13.3 Å². The van der Waals surface area contributed by atoms with Gasteiger partial charge in [0, 0.05) is 17.3 Å². The van der Waals surface area contributed by atoms with Crippen LogP contribution in [0.2, 0.25) is 0 Å². The van der Waals surface area contributed by atoms with E-state index >= 15 is 0 Å². The number of hydrogen-bond acceptors (Lipinski definition) is 1. The third kappa shape index (κ3) is 3.41.